The number of carboxylic acid groups (broad SMARTS) is 1. The van der Waals surface area contributed by atoms with Gasteiger partial charge in [0, 0.05) is 17.8 Å². The standard InChI is InChI=1S/C13H13FN4O3/c1-7-9(6-16-18-7)5-15-13(21)17-11-3-2-8(12(19)20)4-10(11)14/h2-4,6H,5H2,1H3,(H,16,18)(H,19,20)(H2,15,17,21). The number of carboxylic acids is 1. The average Bonchev–Trinajstić information content (AvgIpc) is 2.84. The van der Waals surface area contributed by atoms with Gasteiger partial charge in [0.25, 0.3) is 0 Å². The second-order valence-electron chi connectivity index (χ2n) is 4.33. The van der Waals surface area contributed by atoms with Crippen LogP contribution in [0.4, 0.5) is 14.9 Å². The fourth-order valence-electron chi connectivity index (χ4n) is 1.65. The zero-order valence-electron chi connectivity index (χ0n) is 11.1. The molecule has 1 aromatic carbocycles. The van der Waals surface area contributed by atoms with Crippen molar-refractivity contribution in [1.29, 1.82) is 0 Å². The number of urea groups is 1. The third kappa shape index (κ3) is 3.56. The van der Waals surface area contributed by atoms with Crippen LogP contribution in [0.5, 0.6) is 0 Å². The molecule has 0 unspecified atom stereocenters. The Labute approximate surface area is 119 Å². The number of carbonyl (C=O) groups excluding carboxylic acids is 1. The molecular formula is C13H13FN4O3. The number of amides is 2. The van der Waals surface area contributed by atoms with Crippen LogP contribution in [-0.4, -0.2) is 27.3 Å². The number of aromatic nitrogens is 2. The summed E-state index contributed by atoms with van der Waals surface area (Å²) in [5.41, 5.74) is 1.35. The van der Waals surface area contributed by atoms with Gasteiger partial charge in [0.15, 0.2) is 0 Å². The van der Waals surface area contributed by atoms with Gasteiger partial charge >= 0.3 is 12.0 Å². The zero-order valence-corrected chi connectivity index (χ0v) is 11.1. The van der Waals surface area contributed by atoms with Gasteiger partial charge in [0.05, 0.1) is 17.4 Å². The number of nitrogens with one attached hydrogen (secondary N) is 3. The first kappa shape index (κ1) is 14.5. The van der Waals surface area contributed by atoms with Crippen molar-refractivity contribution in [2.24, 2.45) is 0 Å². The van der Waals surface area contributed by atoms with Crippen LogP contribution in [0.2, 0.25) is 0 Å². The van der Waals surface area contributed by atoms with Crippen LogP contribution in [0.25, 0.3) is 0 Å². The van der Waals surface area contributed by atoms with Gasteiger partial charge < -0.3 is 15.7 Å². The highest BCUT2D eigenvalue weighted by molar-refractivity contribution is 5.91. The molecule has 0 atom stereocenters. The number of nitrogens with zero attached hydrogens (tertiary/aromatic N) is 1. The molecule has 0 aliphatic heterocycles. The molecule has 21 heavy (non-hydrogen) atoms. The van der Waals surface area contributed by atoms with Crippen molar-refractivity contribution in [3.05, 3.63) is 47.0 Å². The quantitative estimate of drug-likeness (QED) is 0.690. The van der Waals surface area contributed by atoms with Crippen LogP contribution in [0.1, 0.15) is 21.6 Å². The number of aromatic amines is 1. The van der Waals surface area contributed by atoms with E-state index in [4.69, 9.17) is 5.11 Å². The number of carbonyl (C=O) groups is 2. The molecule has 0 aliphatic carbocycles. The molecular weight excluding hydrogens is 279 g/mol. The van der Waals surface area contributed by atoms with E-state index in [0.29, 0.717) is 0 Å². The number of benzene rings is 1. The highest BCUT2D eigenvalue weighted by atomic mass is 19.1. The largest absolute Gasteiger partial charge is 0.478 e. The fourth-order valence-corrected chi connectivity index (χ4v) is 1.65. The number of H-pyrrole nitrogens is 1. The molecule has 4 N–H and O–H groups in total. The average molecular weight is 292 g/mol. The lowest BCUT2D eigenvalue weighted by Crippen LogP contribution is -2.28. The van der Waals surface area contributed by atoms with Gasteiger partial charge in [-0.15, -0.1) is 0 Å². The molecule has 1 aromatic heterocycles. The van der Waals surface area contributed by atoms with Crippen molar-refractivity contribution in [2.75, 3.05) is 5.32 Å². The van der Waals surface area contributed by atoms with Crippen LogP contribution in [-0.2, 0) is 6.54 Å². The van der Waals surface area contributed by atoms with E-state index in [1.54, 1.807) is 6.20 Å². The third-order valence-corrected chi connectivity index (χ3v) is 2.84. The van der Waals surface area contributed by atoms with Crippen molar-refractivity contribution < 1.29 is 19.1 Å². The number of rotatable bonds is 4. The Morgan fingerprint density at radius 1 is 1.43 bits per heavy atom. The lowest BCUT2D eigenvalue weighted by atomic mass is 10.2. The Morgan fingerprint density at radius 2 is 2.19 bits per heavy atom. The summed E-state index contributed by atoms with van der Waals surface area (Å²) in [5, 5.41) is 20.1. The van der Waals surface area contributed by atoms with E-state index in [1.165, 1.54) is 12.1 Å². The smallest absolute Gasteiger partial charge is 0.335 e. The monoisotopic (exact) mass is 292 g/mol. The second kappa shape index (κ2) is 6.04. The first-order chi connectivity index (χ1) is 9.97. The molecule has 0 saturated heterocycles. The molecule has 8 heteroatoms. The van der Waals surface area contributed by atoms with Crippen LogP contribution >= 0.6 is 0 Å². The molecule has 0 radical (unpaired) electrons. The lowest BCUT2D eigenvalue weighted by Gasteiger charge is -2.08. The molecule has 110 valence electrons. The van der Waals surface area contributed by atoms with Crippen molar-refractivity contribution in [3.8, 4) is 0 Å². The summed E-state index contributed by atoms with van der Waals surface area (Å²) in [7, 11) is 0. The van der Waals surface area contributed by atoms with E-state index in [2.05, 4.69) is 20.8 Å². The Balaban J connectivity index is 1.96. The number of aromatic carboxylic acids is 1. The second-order valence-corrected chi connectivity index (χ2v) is 4.33. The van der Waals surface area contributed by atoms with Gasteiger partial charge in [-0.25, -0.2) is 14.0 Å². The van der Waals surface area contributed by atoms with Gasteiger partial charge in [0.2, 0.25) is 0 Å². The first-order valence-corrected chi connectivity index (χ1v) is 6.04. The summed E-state index contributed by atoms with van der Waals surface area (Å²) in [6, 6.07) is 2.65. The zero-order chi connectivity index (χ0) is 15.4. The molecule has 0 saturated carbocycles. The predicted molar refractivity (Wildman–Crippen MR) is 72.5 cm³/mol. The molecule has 0 aliphatic rings. The van der Waals surface area contributed by atoms with Crippen molar-refractivity contribution in [1.82, 2.24) is 15.5 Å². The van der Waals surface area contributed by atoms with Crippen molar-refractivity contribution >= 4 is 17.7 Å². The highest BCUT2D eigenvalue weighted by Gasteiger charge is 2.11. The lowest BCUT2D eigenvalue weighted by molar-refractivity contribution is 0.0696. The summed E-state index contributed by atoms with van der Waals surface area (Å²) < 4.78 is 13.6. The first-order valence-electron chi connectivity index (χ1n) is 6.04. The summed E-state index contributed by atoms with van der Waals surface area (Å²) in [4.78, 5) is 22.3. The summed E-state index contributed by atoms with van der Waals surface area (Å²) >= 11 is 0. The van der Waals surface area contributed by atoms with E-state index in [9.17, 15) is 14.0 Å². The fraction of sp³-hybridized carbons (Fsp3) is 0.154. The summed E-state index contributed by atoms with van der Waals surface area (Å²) in [6.07, 6.45) is 1.58. The number of hydrogen-bond acceptors (Lipinski definition) is 3. The van der Waals surface area contributed by atoms with Crippen molar-refractivity contribution in [3.63, 3.8) is 0 Å². The Bertz CT molecular complexity index is 684. The number of hydrogen-bond donors (Lipinski definition) is 4. The predicted octanol–water partition coefficient (Wildman–Crippen LogP) is 1.88. The van der Waals surface area contributed by atoms with Gasteiger partial charge in [-0.3, -0.25) is 5.10 Å². The molecule has 2 aromatic rings. The maximum atomic E-state index is 13.6. The van der Waals surface area contributed by atoms with Gasteiger partial charge in [-0.1, -0.05) is 0 Å². The van der Waals surface area contributed by atoms with E-state index in [0.717, 1.165) is 17.3 Å². The maximum absolute atomic E-state index is 13.6. The minimum atomic E-state index is -1.24. The molecule has 2 rings (SSSR count). The maximum Gasteiger partial charge on any atom is 0.335 e. The molecule has 0 bridgehead atoms. The molecule has 2 amide bonds. The van der Waals surface area contributed by atoms with E-state index in [1.807, 2.05) is 6.92 Å². The minimum Gasteiger partial charge on any atom is -0.478 e. The van der Waals surface area contributed by atoms with Gasteiger partial charge in [0.1, 0.15) is 5.82 Å². The molecule has 1 heterocycles. The Hall–Kier alpha value is -2.90. The van der Waals surface area contributed by atoms with Crippen molar-refractivity contribution in [2.45, 2.75) is 13.5 Å². The number of anilines is 1. The van der Waals surface area contributed by atoms with Crippen LogP contribution < -0.4 is 10.6 Å². The molecule has 0 spiro atoms. The third-order valence-electron chi connectivity index (χ3n) is 2.84. The summed E-state index contributed by atoms with van der Waals surface area (Å²) in [6.45, 7) is 2.05. The van der Waals surface area contributed by atoms with Crippen LogP contribution in [0.3, 0.4) is 0 Å². The molecule has 0 fully saturated rings. The summed E-state index contributed by atoms with van der Waals surface area (Å²) in [5.74, 6) is -2.05. The van der Waals surface area contributed by atoms with Crippen LogP contribution in [0.15, 0.2) is 24.4 Å². The van der Waals surface area contributed by atoms with Gasteiger partial charge in [-0.2, -0.15) is 5.10 Å². The Morgan fingerprint density at radius 3 is 2.76 bits per heavy atom. The van der Waals surface area contributed by atoms with E-state index in [-0.39, 0.29) is 17.8 Å². The van der Waals surface area contributed by atoms with Crippen LogP contribution in [0, 0.1) is 12.7 Å². The topological polar surface area (TPSA) is 107 Å². The highest BCUT2D eigenvalue weighted by Crippen LogP contribution is 2.15. The minimum absolute atomic E-state index is 0.0959. The van der Waals surface area contributed by atoms with E-state index < -0.39 is 17.8 Å². The molecule has 7 nitrogen and oxygen atoms in total. The van der Waals surface area contributed by atoms with Gasteiger partial charge in [-0.05, 0) is 25.1 Å². The number of aryl methyl sites for hydroxylation is 1. The number of halogens is 1. The van der Waals surface area contributed by atoms with E-state index >= 15 is 0 Å². The normalized spacial score (nSPS) is 10.2. The SMILES string of the molecule is Cc1[nH]ncc1CNC(=O)Nc1ccc(C(=O)O)cc1F. The Kier molecular flexibility index (Phi) is 4.17.